The number of carbonyl (C=O) groups is 2. The molecule has 2 aromatic carbocycles. The normalized spacial score (nSPS) is 16.0. The van der Waals surface area contributed by atoms with E-state index in [4.69, 9.17) is 10.5 Å². The van der Waals surface area contributed by atoms with Crippen LogP contribution >= 0.6 is 24.8 Å². The van der Waals surface area contributed by atoms with Gasteiger partial charge in [0, 0.05) is 36.3 Å². The standard InChI is InChI=1S/C27H25F3N4O3.2ClH/c28-27(29,30)19-10-15(14-31)9-18(11-19)26(36)33-20-3-1-16-2-4-21(13-17(16)12-20)37-23-7-8-32-25-22(23)5-6-24(35)34-25;;/h2,4,7-11,13,20H,1,3,5-6,12,14,31H2,(H,33,36)(H,32,34,35);2*1H/t20-;;/m1../s1. The lowest BCUT2D eigenvalue weighted by atomic mass is 9.88. The lowest BCUT2D eigenvalue weighted by molar-refractivity contribution is -0.137. The van der Waals surface area contributed by atoms with Crippen molar-refractivity contribution in [2.24, 2.45) is 5.73 Å². The molecule has 7 nitrogen and oxygen atoms in total. The second-order valence-corrected chi connectivity index (χ2v) is 9.25. The minimum Gasteiger partial charge on any atom is -0.457 e. The molecule has 1 atom stereocenters. The highest BCUT2D eigenvalue weighted by molar-refractivity contribution is 5.95. The van der Waals surface area contributed by atoms with Crippen LogP contribution in [0.15, 0.2) is 48.7 Å². The highest BCUT2D eigenvalue weighted by Gasteiger charge is 2.32. The molecule has 0 unspecified atom stereocenters. The smallest absolute Gasteiger partial charge is 0.416 e. The summed E-state index contributed by atoms with van der Waals surface area (Å²) >= 11 is 0. The number of carbonyl (C=O) groups excluding carboxylic acids is 2. The summed E-state index contributed by atoms with van der Waals surface area (Å²) in [5.74, 6) is 1.09. The molecule has 1 aliphatic carbocycles. The minimum absolute atomic E-state index is 0. The Morgan fingerprint density at radius 3 is 2.62 bits per heavy atom. The number of halogens is 5. The number of ether oxygens (including phenoxy) is 1. The van der Waals surface area contributed by atoms with E-state index in [-0.39, 0.29) is 54.4 Å². The first-order valence-corrected chi connectivity index (χ1v) is 12.0. The van der Waals surface area contributed by atoms with Crippen LogP contribution in [-0.4, -0.2) is 22.8 Å². The molecule has 5 rings (SSSR count). The average molecular weight is 583 g/mol. The molecule has 2 aliphatic rings. The monoisotopic (exact) mass is 582 g/mol. The maximum absolute atomic E-state index is 13.3. The van der Waals surface area contributed by atoms with E-state index in [1.54, 1.807) is 12.3 Å². The predicted octanol–water partition coefficient (Wildman–Crippen LogP) is 5.37. The van der Waals surface area contributed by atoms with Gasteiger partial charge in [-0.2, -0.15) is 13.2 Å². The molecule has 0 spiro atoms. The third-order valence-electron chi connectivity index (χ3n) is 6.66. The Bertz CT molecular complexity index is 1380. The van der Waals surface area contributed by atoms with Gasteiger partial charge in [-0.1, -0.05) is 6.07 Å². The first-order valence-electron chi connectivity index (χ1n) is 12.0. The Hall–Kier alpha value is -3.34. The van der Waals surface area contributed by atoms with Crippen molar-refractivity contribution in [2.45, 2.75) is 50.9 Å². The van der Waals surface area contributed by atoms with Crippen LogP contribution in [0.4, 0.5) is 19.0 Å². The van der Waals surface area contributed by atoms with Crippen LogP contribution in [0, 0.1) is 0 Å². The predicted molar refractivity (Wildman–Crippen MR) is 145 cm³/mol. The summed E-state index contributed by atoms with van der Waals surface area (Å²) in [6.07, 6.45) is -0.198. The number of nitrogens with zero attached hydrogens (tertiary/aromatic N) is 1. The molecule has 1 aromatic heterocycles. The molecule has 0 bridgehead atoms. The van der Waals surface area contributed by atoms with Crippen LogP contribution in [0.1, 0.15) is 51.0 Å². The first kappa shape index (κ1) is 30.2. The van der Waals surface area contributed by atoms with Crippen molar-refractivity contribution < 1.29 is 27.5 Å². The van der Waals surface area contributed by atoms with Gasteiger partial charge in [0.1, 0.15) is 17.3 Å². The summed E-state index contributed by atoms with van der Waals surface area (Å²) in [6.45, 7) is -0.100. The molecule has 3 aromatic rings. The van der Waals surface area contributed by atoms with Gasteiger partial charge in [-0.25, -0.2) is 4.98 Å². The molecule has 0 saturated heterocycles. The number of alkyl halides is 3. The van der Waals surface area contributed by atoms with Crippen molar-refractivity contribution in [1.82, 2.24) is 10.3 Å². The Labute approximate surface area is 235 Å². The quantitative estimate of drug-likeness (QED) is 0.375. The third kappa shape index (κ3) is 6.81. The fourth-order valence-corrected chi connectivity index (χ4v) is 4.77. The minimum atomic E-state index is -4.57. The Morgan fingerprint density at radius 1 is 1.08 bits per heavy atom. The number of amides is 2. The van der Waals surface area contributed by atoms with Gasteiger partial charge in [-0.15, -0.1) is 24.8 Å². The van der Waals surface area contributed by atoms with E-state index < -0.39 is 17.6 Å². The van der Waals surface area contributed by atoms with Crippen molar-refractivity contribution in [2.75, 3.05) is 5.32 Å². The average Bonchev–Trinajstić information content (AvgIpc) is 2.87. The van der Waals surface area contributed by atoms with Crippen LogP contribution < -0.4 is 21.1 Å². The van der Waals surface area contributed by atoms with Crippen LogP contribution in [0.5, 0.6) is 11.5 Å². The van der Waals surface area contributed by atoms with E-state index in [2.05, 4.69) is 15.6 Å². The van der Waals surface area contributed by atoms with Crippen LogP contribution in [-0.2, 0) is 36.8 Å². The number of nitrogens with two attached hydrogens (primary N) is 1. The molecule has 1 aliphatic heterocycles. The van der Waals surface area contributed by atoms with Gasteiger partial charge in [-0.05, 0) is 78.8 Å². The molecule has 208 valence electrons. The molecule has 4 N–H and O–H groups in total. The summed E-state index contributed by atoms with van der Waals surface area (Å²) in [5.41, 5.74) is 7.80. The molecule has 0 saturated carbocycles. The van der Waals surface area contributed by atoms with Crippen molar-refractivity contribution in [3.63, 3.8) is 0 Å². The van der Waals surface area contributed by atoms with E-state index in [0.29, 0.717) is 49.4 Å². The maximum Gasteiger partial charge on any atom is 0.416 e. The van der Waals surface area contributed by atoms with Gasteiger partial charge in [-0.3, -0.25) is 9.59 Å². The van der Waals surface area contributed by atoms with E-state index in [9.17, 15) is 22.8 Å². The highest BCUT2D eigenvalue weighted by atomic mass is 35.5. The summed E-state index contributed by atoms with van der Waals surface area (Å²) in [4.78, 5) is 28.7. The number of rotatable bonds is 5. The number of hydrogen-bond donors (Lipinski definition) is 3. The van der Waals surface area contributed by atoms with E-state index in [1.807, 2.05) is 18.2 Å². The molecular formula is C27H27Cl2F3N4O3. The number of fused-ring (bicyclic) bond motifs is 2. The van der Waals surface area contributed by atoms with Crippen LogP contribution in [0.3, 0.4) is 0 Å². The number of aromatic nitrogens is 1. The lowest BCUT2D eigenvalue weighted by Crippen LogP contribution is -2.39. The third-order valence-corrected chi connectivity index (χ3v) is 6.66. The molecule has 0 fully saturated rings. The largest absolute Gasteiger partial charge is 0.457 e. The second kappa shape index (κ2) is 12.2. The van der Waals surface area contributed by atoms with Gasteiger partial charge in [0.15, 0.2) is 0 Å². The number of pyridine rings is 1. The summed E-state index contributed by atoms with van der Waals surface area (Å²) in [5, 5.41) is 5.64. The first-order chi connectivity index (χ1) is 17.7. The van der Waals surface area contributed by atoms with Gasteiger partial charge >= 0.3 is 6.18 Å². The lowest BCUT2D eigenvalue weighted by Gasteiger charge is -2.26. The zero-order valence-electron chi connectivity index (χ0n) is 20.6. The molecule has 2 heterocycles. The maximum atomic E-state index is 13.3. The Balaban J connectivity index is 0.00000210. The molecular weight excluding hydrogens is 556 g/mol. The number of aryl methyl sites for hydroxylation is 1. The summed E-state index contributed by atoms with van der Waals surface area (Å²) in [6, 6.07) is 10.5. The Morgan fingerprint density at radius 2 is 1.87 bits per heavy atom. The summed E-state index contributed by atoms with van der Waals surface area (Å²) < 4.78 is 45.9. The summed E-state index contributed by atoms with van der Waals surface area (Å²) in [7, 11) is 0. The van der Waals surface area contributed by atoms with Crippen molar-refractivity contribution in [3.8, 4) is 11.5 Å². The zero-order chi connectivity index (χ0) is 26.2. The van der Waals surface area contributed by atoms with Crippen LogP contribution in [0.2, 0.25) is 0 Å². The number of hydrogen-bond acceptors (Lipinski definition) is 5. The van der Waals surface area contributed by atoms with Gasteiger partial charge in [0.25, 0.3) is 5.91 Å². The van der Waals surface area contributed by atoms with Crippen molar-refractivity contribution >= 4 is 42.4 Å². The SMILES string of the molecule is Cl.Cl.NCc1cc(C(=O)N[C@@H]2CCc3ccc(Oc4ccnc5c4CCC(=O)N5)cc3C2)cc(C(F)(F)F)c1. The van der Waals surface area contributed by atoms with Gasteiger partial charge < -0.3 is 21.1 Å². The van der Waals surface area contributed by atoms with Crippen LogP contribution in [0.25, 0.3) is 0 Å². The fraction of sp³-hybridized carbons (Fsp3) is 0.296. The number of benzene rings is 2. The molecule has 2 amide bonds. The number of nitrogens with one attached hydrogen (secondary N) is 2. The second-order valence-electron chi connectivity index (χ2n) is 9.25. The van der Waals surface area contributed by atoms with Gasteiger partial charge in [0.05, 0.1) is 5.56 Å². The van der Waals surface area contributed by atoms with E-state index in [0.717, 1.165) is 28.8 Å². The topological polar surface area (TPSA) is 106 Å². The fourth-order valence-electron chi connectivity index (χ4n) is 4.77. The Kier molecular flexibility index (Phi) is 9.47. The molecule has 39 heavy (non-hydrogen) atoms. The molecule has 12 heteroatoms. The number of anilines is 1. The van der Waals surface area contributed by atoms with Gasteiger partial charge in [0.2, 0.25) is 5.91 Å². The van der Waals surface area contributed by atoms with E-state index in [1.165, 1.54) is 6.07 Å². The zero-order valence-corrected chi connectivity index (χ0v) is 22.3. The van der Waals surface area contributed by atoms with E-state index >= 15 is 0 Å². The highest BCUT2D eigenvalue weighted by Crippen LogP contribution is 2.35. The van der Waals surface area contributed by atoms with Crippen molar-refractivity contribution in [1.29, 1.82) is 0 Å². The molecule has 0 radical (unpaired) electrons. The van der Waals surface area contributed by atoms with Crippen molar-refractivity contribution in [3.05, 3.63) is 82.0 Å².